The summed E-state index contributed by atoms with van der Waals surface area (Å²) in [5.41, 5.74) is 4.57. The summed E-state index contributed by atoms with van der Waals surface area (Å²) in [5, 5.41) is 31.0. The second-order valence-electron chi connectivity index (χ2n) is 9.02. The average Bonchev–Trinajstić information content (AvgIpc) is 3.05. The molecular weight excluding hydrogens is 522 g/mol. The van der Waals surface area contributed by atoms with E-state index in [9.17, 15) is 15.8 Å². The van der Waals surface area contributed by atoms with Gasteiger partial charge in [0.05, 0.1) is 38.0 Å². The lowest BCUT2D eigenvalue weighted by atomic mass is 9.86. The van der Waals surface area contributed by atoms with Crippen molar-refractivity contribution in [2.75, 3.05) is 21.3 Å². The van der Waals surface area contributed by atoms with Gasteiger partial charge in [0, 0.05) is 16.7 Å². The molecule has 0 aromatic heterocycles. The highest BCUT2D eigenvalue weighted by Gasteiger charge is 2.20. The molecule has 4 aromatic rings. The smallest absolute Gasteiger partial charge is 0.118 e. The first-order valence-corrected chi connectivity index (χ1v) is 13.0. The Balaban J connectivity index is 1.92. The molecule has 0 amide bonds. The minimum absolute atomic E-state index is 0.235. The number of hydrogen-bond donors (Lipinski definition) is 0. The Hall–Kier alpha value is -6.03. The second kappa shape index (κ2) is 13.9. The Morgan fingerprint density at radius 2 is 0.643 bits per heavy atom. The van der Waals surface area contributed by atoms with Gasteiger partial charge in [0.2, 0.25) is 0 Å². The summed E-state index contributed by atoms with van der Waals surface area (Å²) in [6.07, 6.45) is 10.7. The molecule has 6 nitrogen and oxygen atoms in total. The Morgan fingerprint density at radius 3 is 0.833 bits per heavy atom. The van der Waals surface area contributed by atoms with Crippen LogP contribution in [0.5, 0.6) is 17.2 Å². The minimum atomic E-state index is 0.235. The largest absolute Gasteiger partial charge is 0.497 e. The molecule has 0 fully saturated rings. The lowest BCUT2D eigenvalue weighted by Crippen LogP contribution is -2.02. The lowest BCUT2D eigenvalue weighted by Gasteiger charge is -2.13. The van der Waals surface area contributed by atoms with E-state index in [0.717, 1.165) is 33.9 Å². The van der Waals surface area contributed by atoms with Crippen LogP contribution in [0, 0.1) is 34.0 Å². The third-order valence-electron chi connectivity index (χ3n) is 6.63. The van der Waals surface area contributed by atoms with Gasteiger partial charge < -0.3 is 14.2 Å². The first kappa shape index (κ1) is 29.0. The van der Waals surface area contributed by atoms with Crippen molar-refractivity contribution in [3.63, 3.8) is 0 Å². The molecule has 0 heterocycles. The van der Waals surface area contributed by atoms with Crippen LogP contribution >= 0.6 is 0 Å². The minimum Gasteiger partial charge on any atom is -0.497 e. The van der Waals surface area contributed by atoms with Crippen molar-refractivity contribution in [1.29, 1.82) is 15.8 Å². The van der Waals surface area contributed by atoms with Crippen LogP contribution in [0.15, 0.2) is 72.8 Å². The monoisotopic (exact) mass is 549 g/mol. The van der Waals surface area contributed by atoms with Gasteiger partial charge in [0.15, 0.2) is 0 Å². The van der Waals surface area contributed by atoms with Crippen molar-refractivity contribution < 1.29 is 14.2 Å². The van der Waals surface area contributed by atoms with E-state index >= 15 is 0 Å². The van der Waals surface area contributed by atoms with Gasteiger partial charge in [-0.05, 0) is 53.1 Å². The number of hydrogen-bond acceptors (Lipinski definition) is 6. The molecule has 0 saturated carbocycles. The molecule has 204 valence electrons. The SMILES string of the molecule is COc1ccc(C=Cc2c(C#N)c(C=Cc3ccc(OC)cc3)c(C#N)c(C=Cc3ccc(OC)cc3)c2C#N)cc1. The Kier molecular flexibility index (Phi) is 9.55. The molecule has 42 heavy (non-hydrogen) atoms. The molecule has 4 aromatic carbocycles. The van der Waals surface area contributed by atoms with Crippen molar-refractivity contribution in [2.24, 2.45) is 0 Å². The van der Waals surface area contributed by atoms with Gasteiger partial charge in [-0.15, -0.1) is 0 Å². The van der Waals surface area contributed by atoms with E-state index in [0.29, 0.717) is 16.7 Å². The number of nitriles is 3. The molecule has 0 unspecified atom stereocenters. The number of nitrogens with zero attached hydrogens (tertiary/aromatic N) is 3. The molecule has 0 saturated heterocycles. The highest BCUT2D eigenvalue weighted by atomic mass is 16.5. The maximum atomic E-state index is 10.3. The fourth-order valence-electron chi connectivity index (χ4n) is 4.36. The van der Waals surface area contributed by atoms with Crippen molar-refractivity contribution in [3.8, 4) is 35.5 Å². The van der Waals surface area contributed by atoms with Crippen LogP contribution in [-0.4, -0.2) is 21.3 Å². The molecule has 0 radical (unpaired) electrons. The van der Waals surface area contributed by atoms with Crippen LogP contribution in [0.2, 0.25) is 0 Å². The van der Waals surface area contributed by atoms with E-state index in [1.807, 2.05) is 91.0 Å². The summed E-state index contributed by atoms with van der Waals surface area (Å²) in [7, 11) is 4.80. The predicted molar refractivity (Wildman–Crippen MR) is 166 cm³/mol. The summed E-state index contributed by atoms with van der Waals surface area (Å²) in [6, 6.07) is 29.1. The van der Waals surface area contributed by atoms with E-state index in [1.165, 1.54) is 0 Å². The van der Waals surface area contributed by atoms with Gasteiger partial charge in [-0.2, -0.15) is 15.8 Å². The molecule has 0 aliphatic rings. The van der Waals surface area contributed by atoms with E-state index < -0.39 is 0 Å². The fraction of sp³-hybridized carbons (Fsp3) is 0.0833. The van der Waals surface area contributed by atoms with E-state index in [4.69, 9.17) is 14.2 Å². The van der Waals surface area contributed by atoms with Crippen molar-refractivity contribution in [3.05, 3.63) is 123 Å². The molecular formula is C36H27N3O3. The van der Waals surface area contributed by atoms with E-state index in [2.05, 4.69) is 18.2 Å². The van der Waals surface area contributed by atoms with Gasteiger partial charge >= 0.3 is 0 Å². The number of ether oxygens (including phenoxy) is 3. The molecule has 0 bridgehead atoms. The van der Waals surface area contributed by atoms with Gasteiger partial charge in [0.25, 0.3) is 0 Å². The van der Waals surface area contributed by atoms with Crippen LogP contribution in [0.3, 0.4) is 0 Å². The van der Waals surface area contributed by atoms with Crippen LogP contribution in [0.4, 0.5) is 0 Å². The third kappa shape index (κ3) is 6.57. The number of methoxy groups -OCH3 is 3. The molecule has 0 aliphatic carbocycles. The first-order chi connectivity index (χ1) is 20.5. The molecule has 4 rings (SSSR count). The number of rotatable bonds is 9. The standard InChI is InChI=1S/C36H27N3O3/c1-40-28-13-4-25(5-14-28)10-19-31-34(22-37)32(20-11-26-6-15-29(41-2)16-7-26)36(24-39)33(35(31)23-38)21-12-27-8-17-30(42-3)18-9-27/h4-21H,1-3H3. The first-order valence-electron chi connectivity index (χ1n) is 13.0. The van der Waals surface area contributed by atoms with Crippen LogP contribution in [0.25, 0.3) is 36.5 Å². The van der Waals surface area contributed by atoms with Gasteiger partial charge in [-0.1, -0.05) is 72.9 Å². The predicted octanol–water partition coefficient (Wildman–Crippen LogP) is 7.84. The molecule has 0 atom stereocenters. The zero-order chi connectivity index (χ0) is 29.9. The van der Waals surface area contributed by atoms with Crippen LogP contribution in [0.1, 0.15) is 50.1 Å². The topological polar surface area (TPSA) is 99.1 Å². The van der Waals surface area contributed by atoms with Gasteiger partial charge in [-0.3, -0.25) is 0 Å². The highest BCUT2D eigenvalue weighted by molar-refractivity contribution is 5.90. The number of benzene rings is 4. The van der Waals surface area contributed by atoms with Crippen LogP contribution < -0.4 is 14.2 Å². The second-order valence-corrected chi connectivity index (χ2v) is 9.02. The summed E-state index contributed by atoms with van der Waals surface area (Å²) < 4.78 is 15.7. The molecule has 0 N–H and O–H groups in total. The zero-order valence-corrected chi connectivity index (χ0v) is 23.5. The van der Waals surface area contributed by atoms with E-state index in [-0.39, 0.29) is 16.7 Å². The average molecular weight is 550 g/mol. The lowest BCUT2D eigenvalue weighted by molar-refractivity contribution is 0.414. The highest BCUT2D eigenvalue weighted by Crippen LogP contribution is 2.32. The summed E-state index contributed by atoms with van der Waals surface area (Å²) in [5.74, 6) is 2.16. The fourth-order valence-corrected chi connectivity index (χ4v) is 4.36. The van der Waals surface area contributed by atoms with Crippen molar-refractivity contribution in [1.82, 2.24) is 0 Å². The maximum Gasteiger partial charge on any atom is 0.118 e. The van der Waals surface area contributed by atoms with Gasteiger partial charge in [0.1, 0.15) is 35.5 Å². The summed E-state index contributed by atoms with van der Waals surface area (Å²) >= 11 is 0. The Labute approximate surface area is 245 Å². The summed E-state index contributed by atoms with van der Waals surface area (Å²) in [6.45, 7) is 0. The normalized spacial score (nSPS) is 10.9. The van der Waals surface area contributed by atoms with Crippen molar-refractivity contribution >= 4 is 36.5 Å². The van der Waals surface area contributed by atoms with Crippen molar-refractivity contribution in [2.45, 2.75) is 0 Å². The third-order valence-corrected chi connectivity index (χ3v) is 6.63. The Bertz CT molecular complexity index is 1540. The molecule has 0 spiro atoms. The molecule has 0 aliphatic heterocycles. The quantitative estimate of drug-likeness (QED) is 0.197. The molecule has 6 heteroatoms. The zero-order valence-electron chi connectivity index (χ0n) is 23.5. The van der Waals surface area contributed by atoms with Gasteiger partial charge in [-0.25, -0.2) is 0 Å². The van der Waals surface area contributed by atoms with E-state index in [1.54, 1.807) is 39.6 Å². The van der Waals surface area contributed by atoms with Crippen LogP contribution in [-0.2, 0) is 0 Å². The Morgan fingerprint density at radius 1 is 0.405 bits per heavy atom. The maximum absolute atomic E-state index is 10.3. The summed E-state index contributed by atoms with van der Waals surface area (Å²) in [4.78, 5) is 0.